The maximum Gasteiger partial charge on any atom is 0.254 e. The summed E-state index contributed by atoms with van der Waals surface area (Å²) in [7, 11) is 1.20. The van der Waals surface area contributed by atoms with Crippen molar-refractivity contribution >= 4 is 33.0 Å². The molecule has 1 saturated heterocycles. The number of fused-ring (bicyclic) bond motifs is 1. The van der Waals surface area contributed by atoms with Gasteiger partial charge in [-0.25, -0.2) is 17.8 Å². The monoisotopic (exact) mass is 543 g/mol. The first-order valence-corrected chi connectivity index (χ1v) is 13.9. The van der Waals surface area contributed by atoms with E-state index in [1.54, 1.807) is 25.4 Å². The molecule has 204 valence electrons. The van der Waals surface area contributed by atoms with Gasteiger partial charge in [-0.15, -0.1) is 0 Å². The van der Waals surface area contributed by atoms with E-state index in [1.807, 2.05) is 24.3 Å². The number of benzene rings is 2. The predicted molar refractivity (Wildman–Crippen MR) is 146 cm³/mol. The molecule has 2 aromatic carbocycles. The van der Waals surface area contributed by atoms with Crippen LogP contribution in [0.25, 0.3) is 10.9 Å². The second-order valence-corrected chi connectivity index (χ2v) is 10.9. The Kier molecular flexibility index (Phi) is 8.55. The van der Waals surface area contributed by atoms with Gasteiger partial charge in [-0.1, -0.05) is 18.2 Å². The van der Waals surface area contributed by atoms with E-state index < -0.39 is 10.0 Å². The molecule has 0 aliphatic carbocycles. The number of nitrogens with one attached hydrogen (secondary N) is 1. The van der Waals surface area contributed by atoms with Gasteiger partial charge in [-0.3, -0.25) is 14.6 Å². The first-order valence-electron chi connectivity index (χ1n) is 12.1. The zero-order chi connectivity index (χ0) is 27.3. The van der Waals surface area contributed by atoms with E-state index in [-0.39, 0.29) is 12.5 Å². The maximum absolute atomic E-state index is 12.5. The Bertz CT molecular complexity index is 1430. The van der Waals surface area contributed by atoms with E-state index in [2.05, 4.69) is 20.3 Å². The van der Waals surface area contributed by atoms with Crippen molar-refractivity contribution in [3.8, 4) is 17.2 Å². The zero-order valence-electron chi connectivity index (χ0n) is 22.0. The third-order valence-corrected chi connectivity index (χ3v) is 7.49. The van der Waals surface area contributed by atoms with Gasteiger partial charge >= 0.3 is 0 Å². The molecule has 1 fully saturated rings. The van der Waals surface area contributed by atoms with Crippen LogP contribution in [0.4, 0.5) is 0 Å². The summed E-state index contributed by atoms with van der Waals surface area (Å²) in [6.45, 7) is 3.81. The largest absolute Gasteiger partial charge is 0.493 e. The fourth-order valence-corrected chi connectivity index (χ4v) is 5.44. The molecule has 0 bridgehead atoms. The molecule has 1 amide bonds. The number of aromatic nitrogens is 1. The zero-order valence-corrected chi connectivity index (χ0v) is 22.8. The Morgan fingerprint density at radius 2 is 1.66 bits per heavy atom. The molecular weight excluding hydrogens is 510 g/mol. The van der Waals surface area contributed by atoms with Gasteiger partial charge in [0.05, 0.1) is 45.9 Å². The highest BCUT2D eigenvalue weighted by molar-refractivity contribution is 7.89. The summed E-state index contributed by atoms with van der Waals surface area (Å²) in [5, 5.41) is 5.01. The van der Waals surface area contributed by atoms with E-state index in [1.165, 1.54) is 30.7 Å². The Morgan fingerprint density at radius 3 is 2.32 bits per heavy atom. The fourth-order valence-electron chi connectivity index (χ4n) is 4.60. The lowest BCUT2D eigenvalue weighted by molar-refractivity contribution is -0.122. The number of hydrazone groups is 1. The average Bonchev–Trinajstić information content (AvgIpc) is 3.28. The number of para-hydroxylation sites is 1. The first-order chi connectivity index (χ1) is 18.2. The topological polar surface area (TPSA) is 115 Å². The molecular formula is C26H33N5O6S. The number of amides is 1. The van der Waals surface area contributed by atoms with Gasteiger partial charge in [0.1, 0.15) is 0 Å². The van der Waals surface area contributed by atoms with Crippen LogP contribution < -0.4 is 19.6 Å². The highest BCUT2D eigenvalue weighted by Gasteiger charge is 2.22. The predicted octanol–water partition coefficient (Wildman–Crippen LogP) is 1.74. The smallest absolute Gasteiger partial charge is 0.254 e. The standard InChI is InChI=1S/C26H33N5O6S/c1-35-23-10-9-19(25(36-2)26(23)37-3)15-27-28-24(32)18-30-13-11-29(12-14-30)16-20-17-31(38(4,33)34)22-8-6-5-7-21(20)22/h5-10,15,17H,11-14,16,18H2,1-4H3,(H,28,32). The van der Waals surface area contributed by atoms with Crippen LogP contribution in [0, 0.1) is 0 Å². The molecule has 1 aliphatic rings. The van der Waals surface area contributed by atoms with Crippen LogP contribution in [0.5, 0.6) is 17.2 Å². The number of ether oxygens (including phenoxy) is 3. The van der Waals surface area contributed by atoms with Crippen molar-refractivity contribution in [2.45, 2.75) is 6.54 Å². The van der Waals surface area contributed by atoms with Crippen molar-refractivity contribution in [3.63, 3.8) is 0 Å². The van der Waals surface area contributed by atoms with E-state index in [0.29, 0.717) is 48.0 Å². The van der Waals surface area contributed by atoms with Gasteiger partial charge in [0.25, 0.3) is 5.91 Å². The van der Waals surface area contributed by atoms with E-state index >= 15 is 0 Å². The van der Waals surface area contributed by atoms with Crippen LogP contribution in [0.15, 0.2) is 47.7 Å². The maximum atomic E-state index is 12.5. The van der Waals surface area contributed by atoms with Crippen molar-refractivity contribution in [2.24, 2.45) is 5.10 Å². The summed E-state index contributed by atoms with van der Waals surface area (Å²) < 4.78 is 41.9. The van der Waals surface area contributed by atoms with Crippen LogP contribution >= 0.6 is 0 Å². The van der Waals surface area contributed by atoms with Crippen LogP contribution in [0.2, 0.25) is 0 Å². The second-order valence-electron chi connectivity index (χ2n) is 9.00. The molecule has 4 rings (SSSR count). The van der Waals surface area contributed by atoms with E-state index in [4.69, 9.17) is 14.2 Å². The second kappa shape index (κ2) is 11.8. The van der Waals surface area contributed by atoms with Crippen molar-refractivity contribution < 1.29 is 27.4 Å². The Morgan fingerprint density at radius 1 is 0.974 bits per heavy atom. The molecule has 12 heteroatoms. The highest BCUT2D eigenvalue weighted by atomic mass is 32.2. The minimum Gasteiger partial charge on any atom is -0.493 e. The Labute approximate surface area is 222 Å². The van der Waals surface area contributed by atoms with Crippen molar-refractivity contribution in [1.82, 2.24) is 19.2 Å². The highest BCUT2D eigenvalue weighted by Crippen LogP contribution is 2.39. The van der Waals surface area contributed by atoms with Crippen molar-refractivity contribution in [2.75, 3.05) is 60.3 Å². The SMILES string of the molecule is COc1ccc(C=NNC(=O)CN2CCN(Cc3cn(S(C)(=O)=O)c4ccccc34)CC2)c(OC)c1OC. The minimum atomic E-state index is -3.39. The summed E-state index contributed by atoms with van der Waals surface area (Å²) in [5.74, 6) is 1.22. The number of hydrogen-bond donors (Lipinski definition) is 1. The number of carbonyl (C=O) groups excluding carboxylic acids is 1. The number of carbonyl (C=O) groups is 1. The summed E-state index contributed by atoms with van der Waals surface area (Å²) in [6.07, 6.45) is 4.43. The molecule has 1 aliphatic heterocycles. The summed E-state index contributed by atoms with van der Waals surface area (Å²) >= 11 is 0. The molecule has 3 aromatic rings. The number of hydrogen-bond acceptors (Lipinski definition) is 9. The molecule has 38 heavy (non-hydrogen) atoms. The number of piperazine rings is 1. The van der Waals surface area contributed by atoms with Gasteiger partial charge in [-0.2, -0.15) is 5.10 Å². The molecule has 0 atom stereocenters. The molecule has 11 nitrogen and oxygen atoms in total. The lowest BCUT2D eigenvalue weighted by Crippen LogP contribution is -2.48. The van der Waals surface area contributed by atoms with Crippen LogP contribution in [0.3, 0.4) is 0 Å². The average molecular weight is 544 g/mol. The van der Waals surface area contributed by atoms with E-state index in [0.717, 1.165) is 24.0 Å². The first kappa shape index (κ1) is 27.4. The summed E-state index contributed by atoms with van der Waals surface area (Å²) in [5.41, 5.74) is 4.86. The quantitative estimate of drug-likeness (QED) is 0.304. The number of methoxy groups -OCH3 is 3. The molecule has 1 aromatic heterocycles. The van der Waals surface area contributed by atoms with Crippen molar-refractivity contribution in [3.05, 3.63) is 53.7 Å². The normalized spacial score (nSPS) is 15.2. The fraction of sp³-hybridized carbons (Fsp3) is 0.385. The van der Waals surface area contributed by atoms with E-state index in [9.17, 15) is 13.2 Å². The Hall–Kier alpha value is -3.61. The molecule has 0 radical (unpaired) electrons. The molecule has 0 unspecified atom stereocenters. The van der Waals surface area contributed by atoms with Gasteiger partial charge in [-0.05, 0) is 23.8 Å². The van der Waals surface area contributed by atoms with Crippen LogP contribution in [-0.2, 0) is 21.4 Å². The lowest BCUT2D eigenvalue weighted by Gasteiger charge is -2.34. The summed E-state index contributed by atoms with van der Waals surface area (Å²) in [6, 6.07) is 11.0. The number of rotatable bonds is 10. The molecule has 0 saturated carbocycles. The summed E-state index contributed by atoms with van der Waals surface area (Å²) in [4.78, 5) is 16.8. The van der Waals surface area contributed by atoms with Crippen LogP contribution in [0.1, 0.15) is 11.1 Å². The number of nitrogens with zero attached hydrogens (tertiary/aromatic N) is 4. The molecule has 1 N–H and O–H groups in total. The minimum absolute atomic E-state index is 0.217. The van der Waals surface area contributed by atoms with Gasteiger partial charge in [0.15, 0.2) is 11.5 Å². The van der Waals surface area contributed by atoms with Gasteiger partial charge < -0.3 is 14.2 Å². The van der Waals surface area contributed by atoms with Gasteiger partial charge in [0.2, 0.25) is 15.8 Å². The third-order valence-electron chi connectivity index (χ3n) is 6.47. The molecule has 2 heterocycles. The third kappa shape index (κ3) is 6.09. The van der Waals surface area contributed by atoms with Crippen molar-refractivity contribution in [1.29, 1.82) is 0 Å². The lowest BCUT2D eigenvalue weighted by atomic mass is 10.1. The van der Waals surface area contributed by atoms with Gasteiger partial charge in [0, 0.05) is 49.9 Å². The molecule has 0 spiro atoms. The van der Waals surface area contributed by atoms with Crippen LogP contribution in [-0.4, -0.2) is 94.6 Å². The Balaban J connectivity index is 1.31.